The maximum Gasteiger partial charge on any atom is 0.254 e. The SMILES string of the molecule is COc1cc(OC)cc(C(=O)N2C[C@@H]3C[C@H](NC(=O)c4ccccc4)[C@H]2C3)c1. The van der Waals surface area contributed by atoms with Crippen molar-refractivity contribution >= 4 is 11.8 Å². The third-order valence-electron chi connectivity index (χ3n) is 5.69. The van der Waals surface area contributed by atoms with Crippen LogP contribution in [0.4, 0.5) is 0 Å². The summed E-state index contributed by atoms with van der Waals surface area (Å²) in [6, 6.07) is 14.4. The van der Waals surface area contributed by atoms with E-state index in [-0.39, 0.29) is 23.9 Å². The average molecular weight is 380 g/mol. The highest BCUT2D eigenvalue weighted by atomic mass is 16.5. The number of hydrogen-bond donors (Lipinski definition) is 1. The summed E-state index contributed by atoms with van der Waals surface area (Å²) in [5.74, 6) is 1.45. The van der Waals surface area contributed by atoms with Crippen LogP contribution in [-0.4, -0.2) is 49.6 Å². The molecule has 2 fully saturated rings. The number of nitrogens with zero attached hydrogens (tertiary/aromatic N) is 1. The van der Waals surface area contributed by atoms with E-state index in [4.69, 9.17) is 9.47 Å². The van der Waals surface area contributed by atoms with Gasteiger partial charge in [-0.25, -0.2) is 0 Å². The molecule has 2 aromatic carbocycles. The number of carbonyl (C=O) groups is 2. The molecule has 0 radical (unpaired) electrons. The molecular formula is C22H24N2O4. The van der Waals surface area contributed by atoms with Crippen molar-refractivity contribution in [2.45, 2.75) is 24.9 Å². The molecule has 1 heterocycles. The van der Waals surface area contributed by atoms with E-state index in [9.17, 15) is 9.59 Å². The summed E-state index contributed by atoms with van der Waals surface area (Å²) in [6.07, 6.45) is 1.83. The van der Waals surface area contributed by atoms with Gasteiger partial charge in [0.15, 0.2) is 0 Å². The van der Waals surface area contributed by atoms with E-state index in [1.54, 1.807) is 44.6 Å². The summed E-state index contributed by atoms with van der Waals surface area (Å²) >= 11 is 0. The Bertz CT molecular complexity index is 861. The Kier molecular flexibility index (Phi) is 4.94. The first-order valence-electron chi connectivity index (χ1n) is 9.49. The molecule has 3 atom stereocenters. The monoisotopic (exact) mass is 380 g/mol. The van der Waals surface area contributed by atoms with Gasteiger partial charge in [0.1, 0.15) is 11.5 Å². The number of piperidine rings is 1. The quantitative estimate of drug-likeness (QED) is 0.866. The maximum absolute atomic E-state index is 13.2. The van der Waals surface area contributed by atoms with Gasteiger partial charge in [0.25, 0.3) is 11.8 Å². The molecule has 1 saturated carbocycles. The van der Waals surface area contributed by atoms with E-state index >= 15 is 0 Å². The number of carbonyl (C=O) groups excluding carboxylic acids is 2. The molecule has 1 N–H and O–H groups in total. The smallest absolute Gasteiger partial charge is 0.254 e. The van der Waals surface area contributed by atoms with Crippen molar-refractivity contribution in [2.24, 2.45) is 5.92 Å². The van der Waals surface area contributed by atoms with E-state index in [0.29, 0.717) is 28.5 Å². The molecule has 1 aliphatic carbocycles. The second-order valence-corrected chi connectivity index (χ2v) is 7.41. The van der Waals surface area contributed by atoms with Crippen molar-refractivity contribution in [1.82, 2.24) is 10.2 Å². The van der Waals surface area contributed by atoms with Crippen LogP contribution in [0.15, 0.2) is 48.5 Å². The molecule has 2 bridgehead atoms. The summed E-state index contributed by atoms with van der Waals surface area (Å²) in [4.78, 5) is 27.6. The van der Waals surface area contributed by atoms with E-state index < -0.39 is 0 Å². The largest absolute Gasteiger partial charge is 0.497 e. The summed E-state index contributed by atoms with van der Waals surface area (Å²) < 4.78 is 10.6. The fraction of sp³-hybridized carbons (Fsp3) is 0.364. The van der Waals surface area contributed by atoms with Crippen LogP contribution in [-0.2, 0) is 0 Å². The van der Waals surface area contributed by atoms with Crippen LogP contribution in [0.5, 0.6) is 11.5 Å². The lowest BCUT2D eigenvalue weighted by molar-refractivity contribution is 0.0648. The van der Waals surface area contributed by atoms with Crippen LogP contribution in [0.1, 0.15) is 33.6 Å². The van der Waals surface area contributed by atoms with E-state index in [1.165, 1.54) is 0 Å². The fourth-order valence-corrected chi connectivity index (χ4v) is 4.35. The number of rotatable bonds is 5. The van der Waals surface area contributed by atoms with Crippen LogP contribution in [0.25, 0.3) is 0 Å². The van der Waals surface area contributed by atoms with Crippen LogP contribution >= 0.6 is 0 Å². The van der Waals surface area contributed by atoms with Gasteiger partial charge in [-0.2, -0.15) is 0 Å². The van der Waals surface area contributed by atoms with Gasteiger partial charge in [0.05, 0.1) is 20.3 Å². The van der Waals surface area contributed by atoms with Crippen LogP contribution in [0.3, 0.4) is 0 Å². The van der Waals surface area contributed by atoms with Gasteiger partial charge >= 0.3 is 0 Å². The second-order valence-electron chi connectivity index (χ2n) is 7.41. The normalized spacial score (nSPS) is 22.8. The molecule has 2 amide bonds. The van der Waals surface area contributed by atoms with Crippen LogP contribution in [0.2, 0.25) is 0 Å². The molecule has 28 heavy (non-hydrogen) atoms. The first-order valence-corrected chi connectivity index (χ1v) is 9.49. The van der Waals surface area contributed by atoms with Gasteiger partial charge in [-0.15, -0.1) is 0 Å². The highest BCUT2D eigenvalue weighted by molar-refractivity contribution is 5.96. The Labute approximate surface area is 164 Å². The van der Waals surface area contributed by atoms with Crippen LogP contribution < -0.4 is 14.8 Å². The molecule has 1 aliphatic heterocycles. The van der Waals surface area contributed by atoms with Crippen LogP contribution in [0, 0.1) is 5.92 Å². The number of likely N-dealkylation sites (tertiary alicyclic amines) is 1. The fourth-order valence-electron chi connectivity index (χ4n) is 4.35. The zero-order chi connectivity index (χ0) is 19.7. The number of benzene rings is 2. The summed E-state index contributed by atoms with van der Waals surface area (Å²) in [5, 5.41) is 3.13. The zero-order valence-corrected chi connectivity index (χ0v) is 16.1. The number of methoxy groups -OCH3 is 2. The van der Waals surface area contributed by atoms with Gasteiger partial charge < -0.3 is 19.7 Å². The Hall–Kier alpha value is -3.02. The predicted molar refractivity (Wildman–Crippen MR) is 105 cm³/mol. The number of nitrogens with one attached hydrogen (secondary N) is 1. The van der Waals surface area contributed by atoms with Gasteiger partial charge in [-0.05, 0) is 43.0 Å². The van der Waals surface area contributed by atoms with Crippen molar-refractivity contribution in [2.75, 3.05) is 20.8 Å². The lowest BCUT2D eigenvalue weighted by atomic mass is 10.0. The topological polar surface area (TPSA) is 67.9 Å². The highest BCUT2D eigenvalue weighted by Gasteiger charge is 2.47. The van der Waals surface area contributed by atoms with Crippen molar-refractivity contribution in [1.29, 1.82) is 0 Å². The number of fused-ring (bicyclic) bond motifs is 2. The number of hydrogen-bond acceptors (Lipinski definition) is 4. The van der Waals surface area contributed by atoms with Gasteiger partial charge in [-0.3, -0.25) is 9.59 Å². The molecule has 0 unspecified atom stereocenters. The third-order valence-corrected chi connectivity index (χ3v) is 5.69. The standard InChI is InChI=1S/C22H24N2O4/c1-27-17-10-16(11-18(12-17)28-2)22(26)24-13-14-8-19(20(24)9-14)23-21(25)15-6-4-3-5-7-15/h3-7,10-12,14,19-20H,8-9,13H2,1-2H3,(H,23,25)/t14-,19+,20-/m1/s1. The summed E-state index contributed by atoms with van der Waals surface area (Å²) in [7, 11) is 3.13. The van der Waals surface area contributed by atoms with Gasteiger partial charge in [0, 0.05) is 29.8 Å². The first-order chi connectivity index (χ1) is 13.6. The second kappa shape index (κ2) is 7.54. The molecule has 0 spiro atoms. The van der Waals surface area contributed by atoms with Crippen molar-refractivity contribution in [3.63, 3.8) is 0 Å². The number of amides is 2. The molecule has 1 saturated heterocycles. The molecule has 6 nitrogen and oxygen atoms in total. The molecule has 0 aromatic heterocycles. The van der Waals surface area contributed by atoms with Crippen molar-refractivity contribution in [3.05, 3.63) is 59.7 Å². The lowest BCUT2D eigenvalue weighted by Gasteiger charge is -2.34. The zero-order valence-electron chi connectivity index (χ0n) is 16.1. The first kappa shape index (κ1) is 18.3. The van der Waals surface area contributed by atoms with Crippen molar-refractivity contribution in [3.8, 4) is 11.5 Å². The number of ether oxygens (including phenoxy) is 2. The van der Waals surface area contributed by atoms with Gasteiger partial charge in [-0.1, -0.05) is 18.2 Å². The van der Waals surface area contributed by atoms with Gasteiger partial charge in [0.2, 0.25) is 0 Å². The third kappa shape index (κ3) is 3.42. The van der Waals surface area contributed by atoms with E-state index in [1.807, 2.05) is 23.1 Å². The molecule has 146 valence electrons. The summed E-state index contributed by atoms with van der Waals surface area (Å²) in [6.45, 7) is 0.723. The molecule has 2 aliphatic rings. The van der Waals surface area contributed by atoms with Crippen molar-refractivity contribution < 1.29 is 19.1 Å². The minimum atomic E-state index is -0.0893. The van der Waals surface area contributed by atoms with E-state index in [0.717, 1.165) is 19.4 Å². The molecule has 2 aromatic rings. The highest BCUT2D eigenvalue weighted by Crippen LogP contribution is 2.39. The van der Waals surface area contributed by atoms with E-state index in [2.05, 4.69) is 5.32 Å². The Morgan fingerprint density at radius 3 is 2.25 bits per heavy atom. The Morgan fingerprint density at radius 1 is 0.964 bits per heavy atom. The molecular weight excluding hydrogens is 356 g/mol. The molecule has 6 heteroatoms. The Morgan fingerprint density at radius 2 is 1.64 bits per heavy atom. The molecule has 4 rings (SSSR count). The average Bonchev–Trinajstić information content (AvgIpc) is 3.33. The summed E-state index contributed by atoms with van der Waals surface area (Å²) in [5.41, 5.74) is 1.18. The minimum Gasteiger partial charge on any atom is -0.497 e. The lowest BCUT2D eigenvalue weighted by Crippen LogP contribution is -2.51. The minimum absolute atomic E-state index is 0.0161. The maximum atomic E-state index is 13.2. The Balaban J connectivity index is 1.51. The predicted octanol–water partition coefficient (Wildman–Crippen LogP) is 2.74.